The van der Waals surface area contributed by atoms with Crippen LogP contribution in [0.25, 0.3) is 0 Å². The number of hydrogen-bond acceptors (Lipinski definition) is 3. The summed E-state index contributed by atoms with van der Waals surface area (Å²) in [6, 6.07) is 8.81. The maximum absolute atomic E-state index is 12.0. The third-order valence-electron chi connectivity index (χ3n) is 2.51. The minimum atomic E-state index is -0.209. The normalized spacial score (nSPS) is 10.3. The lowest BCUT2D eigenvalue weighted by Crippen LogP contribution is -2.12. The minimum absolute atomic E-state index is 0.209. The number of anilines is 1. The van der Waals surface area contributed by atoms with E-state index in [1.165, 1.54) is 6.20 Å². The Bertz CT molecular complexity index is 601. The van der Waals surface area contributed by atoms with Crippen LogP contribution in [-0.2, 0) is 6.54 Å². The number of nitrogens with two attached hydrogens (primary N) is 1. The van der Waals surface area contributed by atoms with E-state index in [0.29, 0.717) is 27.4 Å². The molecule has 0 aliphatic heterocycles. The molecule has 1 amide bonds. The number of pyridine rings is 1. The third-order valence-corrected chi connectivity index (χ3v) is 3.64. The first-order chi connectivity index (χ1) is 9.10. The quantitative estimate of drug-likeness (QED) is 0.843. The number of nitrogens with zero attached hydrogens (tertiary/aromatic N) is 1. The van der Waals surface area contributed by atoms with Gasteiger partial charge in [0.25, 0.3) is 5.91 Å². The fraction of sp³-hybridized carbons (Fsp3) is 0.0769. The predicted octanol–water partition coefficient (Wildman–Crippen LogP) is 3.21. The van der Waals surface area contributed by atoms with Crippen molar-refractivity contribution in [1.82, 2.24) is 4.98 Å². The summed E-state index contributed by atoms with van der Waals surface area (Å²) in [6.45, 7) is 0.454. The van der Waals surface area contributed by atoms with Gasteiger partial charge in [-0.15, -0.1) is 0 Å². The molecule has 0 radical (unpaired) electrons. The van der Waals surface area contributed by atoms with Gasteiger partial charge >= 0.3 is 0 Å². The maximum atomic E-state index is 12.0. The molecule has 0 aliphatic rings. The summed E-state index contributed by atoms with van der Waals surface area (Å²) in [4.78, 5) is 15.9. The number of hydrogen-bond donors (Lipinski definition) is 2. The Labute approximate surface area is 124 Å². The summed E-state index contributed by atoms with van der Waals surface area (Å²) in [7, 11) is 0. The summed E-state index contributed by atoms with van der Waals surface area (Å²) >= 11 is 9.04. The Morgan fingerprint density at radius 1 is 1.37 bits per heavy atom. The molecule has 0 saturated heterocycles. The first-order valence-corrected chi connectivity index (χ1v) is 6.68. The fourth-order valence-corrected chi connectivity index (χ4v) is 1.94. The van der Waals surface area contributed by atoms with Gasteiger partial charge in [0.05, 0.1) is 16.4 Å². The van der Waals surface area contributed by atoms with Crippen LogP contribution >= 0.6 is 27.5 Å². The molecule has 98 valence electrons. The van der Waals surface area contributed by atoms with E-state index in [1.54, 1.807) is 18.2 Å². The first-order valence-electron chi connectivity index (χ1n) is 5.51. The number of carbonyl (C=O) groups excluding carboxylic acids is 1. The molecule has 0 saturated carbocycles. The van der Waals surface area contributed by atoms with Crippen molar-refractivity contribution in [3.8, 4) is 0 Å². The number of nitrogens with one attached hydrogen (secondary N) is 1. The number of rotatable bonds is 3. The van der Waals surface area contributed by atoms with E-state index in [9.17, 15) is 4.79 Å². The second kappa shape index (κ2) is 6.14. The average molecular weight is 341 g/mol. The van der Waals surface area contributed by atoms with Crippen LogP contribution in [0.3, 0.4) is 0 Å². The van der Waals surface area contributed by atoms with Crippen molar-refractivity contribution in [3.63, 3.8) is 0 Å². The van der Waals surface area contributed by atoms with Crippen LogP contribution < -0.4 is 11.1 Å². The molecule has 3 N–H and O–H groups in total. The average Bonchev–Trinajstić information content (AvgIpc) is 2.43. The highest BCUT2D eigenvalue weighted by Crippen LogP contribution is 2.23. The zero-order chi connectivity index (χ0) is 13.8. The maximum Gasteiger partial charge on any atom is 0.255 e. The van der Waals surface area contributed by atoms with Crippen molar-refractivity contribution >= 4 is 39.1 Å². The van der Waals surface area contributed by atoms with Gasteiger partial charge in [0.15, 0.2) is 0 Å². The molecule has 0 fully saturated rings. The highest BCUT2D eigenvalue weighted by Gasteiger charge is 2.07. The Balaban J connectivity index is 2.13. The Kier molecular flexibility index (Phi) is 4.52. The first kappa shape index (κ1) is 14.0. The van der Waals surface area contributed by atoms with Crippen molar-refractivity contribution in [2.45, 2.75) is 6.54 Å². The Hall–Kier alpha value is -1.43. The molecule has 4 nitrogen and oxygen atoms in total. The molecular formula is C13H11BrClN3O. The molecule has 0 atom stereocenters. The van der Waals surface area contributed by atoms with E-state index < -0.39 is 0 Å². The van der Waals surface area contributed by atoms with E-state index in [1.807, 2.05) is 12.1 Å². The molecule has 0 bridgehead atoms. The SMILES string of the molecule is NCc1ccc(C(=O)Nc2cnc(Cl)c(Br)c2)cc1. The molecule has 0 unspecified atom stereocenters. The molecule has 19 heavy (non-hydrogen) atoms. The number of carbonyl (C=O) groups is 1. The highest BCUT2D eigenvalue weighted by atomic mass is 79.9. The topological polar surface area (TPSA) is 68.0 Å². The monoisotopic (exact) mass is 339 g/mol. The Morgan fingerprint density at radius 2 is 2.05 bits per heavy atom. The van der Waals surface area contributed by atoms with Gasteiger partial charge in [0, 0.05) is 12.1 Å². The van der Waals surface area contributed by atoms with Gasteiger partial charge in [-0.3, -0.25) is 4.79 Å². The van der Waals surface area contributed by atoms with E-state index in [0.717, 1.165) is 5.56 Å². The third kappa shape index (κ3) is 3.53. The predicted molar refractivity (Wildman–Crippen MR) is 79.2 cm³/mol. The van der Waals surface area contributed by atoms with Gasteiger partial charge in [0.1, 0.15) is 5.15 Å². The van der Waals surface area contributed by atoms with Crippen molar-refractivity contribution < 1.29 is 4.79 Å². The van der Waals surface area contributed by atoms with Gasteiger partial charge in [0.2, 0.25) is 0 Å². The second-order valence-electron chi connectivity index (χ2n) is 3.85. The van der Waals surface area contributed by atoms with Crippen molar-refractivity contribution in [1.29, 1.82) is 0 Å². The number of amides is 1. The summed E-state index contributed by atoms with van der Waals surface area (Å²) in [5.74, 6) is -0.209. The van der Waals surface area contributed by atoms with Gasteiger partial charge in [-0.2, -0.15) is 0 Å². The minimum Gasteiger partial charge on any atom is -0.326 e. The van der Waals surface area contributed by atoms with Crippen LogP contribution in [-0.4, -0.2) is 10.9 Å². The van der Waals surface area contributed by atoms with Crippen LogP contribution in [0, 0.1) is 0 Å². The lowest BCUT2D eigenvalue weighted by molar-refractivity contribution is 0.102. The van der Waals surface area contributed by atoms with E-state index >= 15 is 0 Å². The van der Waals surface area contributed by atoms with E-state index in [-0.39, 0.29) is 5.91 Å². The number of halogens is 2. The fourth-order valence-electron chi connectivity index (χ4n) is 1.49. The van der Waals surface area contributed by atoms with Crippen LogP contribution in [0.1, 0.15) is 15.9 Å². The lowest BCUT2D eigenvalue weighted by atomic mass is 10.1. The van der Waals surface area contributed by atoms with Crippen LogP contribution in [0.15, 0.2) is 41.0 Å². The standard InChI is InChI=1S/C13H11BrClN3O/c14-11-5-10(7-17-12(11)15)18-13(19)9-3-1-8(6-16)2-4-9/h1-5,7H,6,16H2,(H,18,19). The van der Waals surface area contributed by atoms with Crippen LogP contribution in [0.2, 0.25) is 5.15 Å². The lowest BCUT2D eigenvalue weighted by Gasteiger charge is -2.06. The molecule has 1 aromatic carbocycles. The molecule has 1 heterocycles. The van der Waals surface area contributed by atoms with E-state index in [4.69, 9.17) is 17.3 Å². The van der Waals surface area contributed by atoms with Gasteiger partial charge in [-0.05, 0) is 39.7 Å². The molecule has 0 spiro atoms. The van der Waals surface area contributed by atoms with Gasteiger partial charge in [-0.25, -0.2) is 4.98 Å². The van der Waals surface area contributed by atoms with E-state index in [2.05, 4.69) is 26.2 Å². The molecule has 6 heteroatoms. The number of aromatic nitrogens is 1. The molecular weight excluding hydrogens is 330 g/mol. The largest absolute Gasteiger partial charge is 0.326 e. The summed E-state index contributed by atoms with van der Waals surface area (Å²) in [5, 5.41) is 3.09. The molecule has 2 rings (SSSR count). The van der Waals surface area contributed by atoms with Gasteiger partial charge < -0.3 is 11.1 Å². The van der Waals surface area contributed by atoms with Crippen molar-refractivity contribution in [2.75, 3.05) is 5.32 Å². The number of benzene rings is 1. The summed E-state index contributed by atoms with van der Waals surface area (Å²) in [5.41, 5.74) is 7.61. The smallest absolute Gasteiger partial charge is 0.255 e. The highest BCUT2D eigenvalue weighted by molar-refractivity contribution is 9.10. The summed E-state index contributed by atoms with van der Waals surface area (Å²) in [6.07, 6.45) is 1.50. The summed E-state index contributed by atoms with van der Waals surface area (Å²) < 4.78 is 0.630. The van der Waals surface area contributed by atoms with Gasteiger partial charge in [-0.1, -0.05) is 23.7 Å². The molecule has 1 aromatic heterocycles. The van der Waals surface area contributed by atoms with Crippen LogP contribution in [0.5, 0.6) is 0 Å². The Morgan fingerprint density at radius 3 is 2.63 bits per heavy atom. The second-order valence-corrected chi connectivity index (χ2v) is 5.06. The van der Waals surface area contributed by atoms with Crippen molar-refractivity contribution in [3.05, 3.63) is 57.3 Å². The molecule has 2 aromatic rings. The zero-order valence-corrected chi connectivity index (χ0v) is 12.2. The zero-order valence-electron chi connectivity index (χ0n) is 9.86. The molecule has 0 aliphatic carbocycles. The van der Waals surface area contributed by atoms with Crippen molar-refractivity contribution in [2.24, 2.45) is 5.73 Å². The van der Waals surface area contributed by atoms with Crippen LogP contribution in [0.4, 0.5) is 5.69 Å².